The third-order valence-corrected chi connectivity index (χ3v) is 2.78. The maximum absolute atomic E-state index is 8.78. The molecule has 2 aliphatic rings. The second kappa shape index (κ2) is 10.6. The summed E-state index contributed by atoms with van der Waals surface area (Å²) in [4.78, 5) is 5.43. The first-order chi connectivity index (χ1) is 7.85. The van der Waals surface area contributed by atoms with Crippen LogP contribution in [-0.2, 0) is 29.0 Å². The topological polar surface area (TPSA) is 58.1 Å². The van der Waals surface area contributed by atoms with E-state index in [0.717, 1.165) is 32.0 Å². The Labute approximate surface area is 138 Å². The normalized spacial score (nSPS) is 21.3. The number of ether oxygens (including phenoxy) is 2. The van der Waals surface area contributed by atoms with Crippen molar-refractivity contribution in [3.05, 3.63) is 29.5 Å². The average Bonchev–Trinajstić information content (AvgIpc) is 2.39. The quantitative estimate of drug-likeness (QED) is 0.281. The third kappa shape index (κ3) is 5.35. The Morgan fingerprint density at radius 1 is 1.32 bits per heavy atom. The van der Waals surface area contributed by atoms with E-state index in [2.05, 4.69) is 9.69 Å². The second-order valence-corrected chi connectivity index (χ2v) is 3.71. The van der Waals surface area contributed by atoms with Gasteiger partial charge in [-0.25, -0.2) is 0 Å². The summed E-state index contributed by atoms with van der Waals surface area (Å²) >= 11 is 0. The van der Waals surface area contributed by atoms with Gasteiger partial charge in [-0.3, -0.25) is 0 Å². The summed E-state index contributed by atoms with van der Waals surface area (Å²) in [7, 11) is 1.60. The van der Waals surface area contributed by atoms with Crippen molar-refractivity contribution in [3.8, 4) is 0 Å². The third-order valence-electron chi connectivity index (χ3n) is 2.78. The molecular weight excluding hydrogens is 342 g/mol. The van der Waals surface area contributed by atoms with Crippen LogP contribution in [0.2, 0.25) is 0 Å². The number of methoxy groups -OCH3 is 1. The Hall–Kier alpha value is -0.217. The molecule has 1 aliphatic carbocycles. The molecule has 0 radical (unpaired) electrons. The van der Waals surface area contributed by atoms with E-state index in [1.165, 1.54) is 0 Å². The standard InChI is InChI=1S/C11H15N3O2.2ClH.Zn/c1-15-11-8-9(2-3-10(11)13-12)14-4-6-16-7-5-14;;;/h2-3,8,11H,4-7H2,1H3;2*1H;/q;;;+2/p-2. The zero-order valence-electron chi connectivity index (χ0n) is 10.8. The molecule has 0 amide bonds. The Bertz CT molecular complexity index is 378. The van der Waals surface area contributed by atoms with Crippen molar-refractivity contribution >= 4 is 5.71 Å². The molecular formula is C11H15Cl2N3O2Zn. The number of halogens is 2. The molecule has 102 valence electrons. The molecule has 0 N–H and O–H groups in total. The largest absolute Gasteiger partial charge is 2.00 e. The van der Waals surface area contributed by atoms with Gasteiger partial charge in [-0.2, -0.15) is 4.79 Å². The van der Waals surface area contributed by atoms with Gasteiger partial charge >= 0.3 is 25.2 Å². The van der Waals surface area contributed by atoms with Crippen LogP contribution in [0.5, 0.6) is 0 Å². The zero-order valence-corrected chi connectivity index (χ0v) is 15.2. The number of hydrogen-bond acceptors (Lipinski definition) is 3. The number of rotatable bonds is 2. The molecule has 1 unspecified atom stereocenters. The van der Waals surface area contributed by atoms with Crippen molar-refractivity contribution in [2.24, 2.45) is 0 Å². The zero-order chi connectivity index (χ0) is 11.4. The molecule has 19 heavy (non-hydrogen) atoms. The maximum atomic E-state index is 8.78. The first kappa shape index (κ1) is 21.1. The summed E-state index contributed by atoms with van der Waals surface area (Å²) in [6, 6.07) is 0. The van der Waals surface area contributed by atoms with Gasteiger partial charge in [-0.1, -0.05) is 0 Å². The fraction of sp³-hybridized carbons (Fsp3) is 0.545. The summed E-state index contributed by atoms with van der Waals surface area (Å²) < 4.78 is 10.5. The van der Waals surface area contributed by atoms with Gasteiger partial charge in [0, 0.05) is 32.0 Å². The molecule has 0 aromatic carbocycles. The van der Waals surface area contributed by atoms with E-state index in [9.17, 15) is 0 Å². The van der Waals surface area contributed by atoms with E-state index in [0.29, 0.717) is 5.71 Å². The van der Waals surface area contributed by atoms with E-state index >= 15 is 0 Å². The summed E-state index contributed by atoms with van der Waals surface area (Å²) in [6.45, 7) is 3.28. The summed E-state index contributed by atoms with van der Waals surface area (Å²) in [6.07, 6.45) is 5.41. The summed E-state index contributed by atoms with van der Waals surface area (Å²) in [5.41, 5.74) is 10.4. The molecule has 1 aliphatic heterocycles. The molecule has 0 aromatic rings. The van der Waals surface area contributed by atoms with Crippen LogP contribution in [0.25, 0.3) is 5.53 Å². The van der Waals surface area contributed by atoms with Gasteiger partial charge in [0.2, 0.25) is 0 Å². The number of morpholine rings is 1. The molecule has 0 spiro atoms. The van der Waals surface area contributed by atoms with Crippen LogP contribution in [0.1, 0.15) is 0 Å². The number of allylic oxidation sites excluding steroid dienone is 1. The SMILES string of the molecule is COC1C=C(N2CCOCC2)C=CC1=[N+]=[N-].[Cl-].[Cl-].[Zn+2]. The minimum atomic E-state index is -0.271. The second-order valence-electron chi connectivity index (χ2n) is 3.71. The van der Waals surface area contributed by atoms with Crippen molar-refractivity contribution < 1.29 is 58.6 Å². The Morgan fingerprint density at radius 2 is 1.95 bits per heavy atom. The molecule has 0 aromatic heterocycles. The van der Waals surface area contributed by atoms with Gasteiger partial charge in [0.1, 0.15) is 0 Å². The van der Waals surface area contributed by atoms with Gasteiger partial charge in [-0.15, -0.1) is 0 Å². The van der Waals surface area contributed by atoms with E-state index in [1.807, 2.05) is 12.2 Å². The monoisotopic (exact) mass is 355 g/mol. The predicted molar refractivity (Wildman–Crippen MR) is 59.0 cm³/mol. The van der Waals surface area contributed by atoms with Crippen molar-refractivity contribution in [2.45, 2.75) is 6.10 Å². The molecule has 2 rings (SSSR count). The van der Waals surface area contributed by atoms with E-state index < -0.39 is 0 Å². The molecule has 8 heteroatoms. The maximum Gasteiger partial charge on any atom is 2.00 e. The Balaban J connectivity index is 0. The Morgan fingerprint density at radius 3 is 2.47 bits per heavy atom. The van der Waals surface area contributed by atoms with Crippen LogP contribution in [0, 0.1) is 0 Å². The minimum absolute atomic E-state index is 0. The Kier molecular flexibility index (Phi) is 11.7. The van der Waals surface area contributed by atoms with E-state index in [4.69, 9.17) is 15.0 Å². The molecule has 1 saturated heterocycles. The van der Waals surface area contributed by atoms with Crippen LogP contribution in [-0.4, -0.2) is 54.9 Å². The summed E-state index contributed by atoms with van der Waals surface area (Å²) in [5.74, 6) is 0. The van der Waals surface area contributed by atoms with Crippen LogP contribution < -0.4 is 24.8 Å². The number of hydrogen-bond donors (Lipinski definition) is 0. The van der Waals surface area contributed by atoms with E-state index in [1.54, 1.807) is 13.2 Å². The molecule has 1 fully saturated rings. The number of nitrogens with zero attached hydrogens (tertiary/aromatic N) is 3. The van der Waals surface area contributed by atoms with Gasteiger partial charge < -0.3 is 44.7 Å². The summed E-state index contributed by atoms with van der Waals surface area (Å²) in [5, 5.41) is 0. The van der Waals surface area contributed by atoms with Crippen molar-refractivity contribution in [1.29, 1.82) is 0 Å². The van der Waals surface area contributed by atoms with Gasteiger partial charge in [0.15, 0.2) is 6.10 Å². The smallest absolute Gasteiger partial charge is 1.00 e. The van der Waals surface area contributed by atoms with E-state index in [-0.39, 0.29) is 50.4 Å². The van der Waals surface area contributed by atoms with Crippen molar-refractivity contribution in [1.82, 2.24) is 4.90 Å². The fourth-order valence-corrected chi connectivity index (χ4v) is 1.87. The minimum Gasteiger partial charge on any atom is -1.00 e. The van der Waals surface area contributed by atoms with Crippen LogP contribution in [0.15, 0.2) is 23.9 Å². The molecule has 5 nitrogen and oxygen atoms in total. The van der Waals surface area contributed by atoms with Crippen molar-refractivity contribution in [3.63, 3.8) is 0 Å². The van der Waals surface area contributed by atoms with Gasteiger partial charge in [0.05, 0.1) is 13.2 Å². The van der Waals surface area contributed by atoms with Crippen LogP contribution in [0.4, 0.5) is 0 Å². The first-order valence-corrected chi connectivity index (χ1v) is 5.32. The van der Waals surface area contributed by atoms with Gasteiger partial charge in [-0.05, 0) is 12.2 Å². The molecule has 0 bridgehead atoms. The van der Waals surface area contributed by atoms with Crippen molar-refractivity contribution in [2.75, 3.05) is 33.4 Å². The molecule has 1 atom stereocenters. The van der Waals surface area contributed by atoms with Gasteiger partial charge in [0.25, 0.3) is 0 Å². The van der Waals surface area contributed by atoms with Crippen LogP contribution >= 0.6 is 0 Å². The molecule has 1 heterocycles. The predicted octanol–water partition coefficient (Wildman–Crippen LogP) is -5.54. The molecule has 0 saturated carbocycles. The fourth-order valence-electron chi connectivity index (χ4n) is 1.87. The average molecular weight is 358 g/mol. The first-order valence-electron chi connectivity index (χ1n) is 5.32. The van der Waals surface area contributed by atoms with Crippen LogP contribution in [0.3, 0.4) is 0 Å².